The van der Waals surface area contributed by atoms with E-state index in [1.54, 1.807) is 29.2 Å². The number of aromatic carboxylic acids is 1. The predicted octanol–water partition coefficient (Wildman–Crippen LogP) is 2.31. The Hall–Kier alpha value is -2.01. The lowest BCUT2D eigenvalue weighted by atomic mass is 10.2. The number of benzene rings is 1. The summed E-state index contributed by atoms with van der Waals surface area (Å²) in [5, 5.41) is 13.2. The Kier molecular flexibility index (Phi) is 3.84. The second-order valence-corrected chi connectivity index (χ2v) is 3.94. The van der Waals surface area contributed by atoms with Crippen molar-refractivity contribution in [2.45, 2.75) is 6.54 Å². The zero-order chi connectivity index (χ0) is 13.0. The lowest BCUT2D eigenvalue weighted by molar-refractivity contribution is 0.0692. The minimum Gasteiger partial charge on any atom is -0.491 e. The van der Waals surface area contributed by atoms with E-state index in [9.17, 15) is 4.79 Å². The number of rotatable bonds is 5. The fraction of sp³-hybridized carbons (Fsp3) is 0.167. The van der Waals surface area contributed by atoms with Gasteiger partial charge in [0, 0.05) is 12.4 Å². The molecule has 6 heteroatoms. The molecule has 1 N–H and O–H groups in total. The van der Waals surface area contributed by atoms with Gasteiger partial charge in [0.1, 0.15) is 17.9 Å². The molecule has 0 fully saturated rings. The van der Waals surface area contributed by atoms with Crippen LogP contribution in [-0.2, 0) is 6.54 Å². The first-order valence-electron chi connectivity index (χ1n) is 5.30. The summed E-state index contributed by atoms with van der Waals surface area (Å²) >= 11 is 5.82. The van der Waals surface area contributed by atoms with Crippen molar-refractivity contribution >= 4 is 17.6 Å². The number of nitrogens with zero attached hydrogens (tertiary/aromatic N) is 2. The molecule has 0 spiro atoms. The van der Waals surface area contributed by atoms with Crippen LogP contribution in [0.5, 0.6) is 5.75 Å². The molecule has 18 heavy (non-hydrogen) atoms. The molecule has 0 radical (unpaired) electrons. The van der Waals surface area contributed by atoms with Crippen LogP contribution < -0.4 is 4.74 Å². The molecule has 0 aliphatic rings. The number of halogens is 1. The largest absolute Gasteiger partial charge is 0.491 e. The number of hydrogen-bond acceptors (Lipinski definition) is 3. The molecular weight excluding hydrogens is 256 g/mol. The van der Waals surface area contributed by atoms with Gasteiger partial charge in [-0.15, -0.1) is 0 Å². The van der Waals surface area contributed by atoms with E-state index in [-0.39, 0.29) is 16.3 Å². The second kappa shape index (κ2) is 5.55. The maximum absolute atomic E-state index is 11.1. The molecule has 0 unspecified atom stereocenters. The van der Waals surface area contributed by atoms with Crippen LogP contribution >= 0.6 is 11.6 Å². The average Bonchev–Trinajstić information content (AvgIpc) is 2.81. The molecule has 1 aromatic carbocycles. The predicted molar refractivity (Wildman–Crippen MR) is 66.1 cm³/mol. The van der Waals surface area contributed by atoms with E-state index < -0.39 is 5.97 Å². The molecule has 1 heterocycles. The summed E-state index contributed by atoms with van der Waals surface area (Å²) in [4.78, 5) is 11.1. The minimum atomic E-state index is -1.10. The number of ether oxygens (including phenoxy) is 1. The molecule has 0 atom stereocenters. The van der Waals surface area contributed by atoms with Crippen molar-refractivity contribution in [3.63, 3.8) is 0 Å². The first kappa shape index (κ1) is 12.4. The van der Waals surface area contributed by atoms with Crippen LogP contribution in [0, 0.1) is 0 Å². The molecule has 2 aromatic rings. The molecule has 0 saturated carbocycles. The molecule has 0 amide bonds. The van der Waals surface area contributed by atoms with Crippen LogP contribution in [0.15, 0.2) is 36.7 Å². The van der Waals surface area contributed by atoms with E-state index in [4.69, 9.17) is 21.4 Å². The highest BCUT2D eigenvalue weighted by Gasteiger charge is 2.15. The number of aromatic nitrogens is 2. The Labute approximate surface area is 109 Å². The molecule has 2 rings (SSSR count). The third-order valence-electron chi connectivity index (χ3n) is 2.33. The standard InChI is InChI=1S/C12H11ClN2O3/c13-9-3-1-4-10(11(9)12(16)17)18-8-7-15-6-2-5-14-15/h1-6H,7-8H2,(H,16,17). The Morgan fingerprint density at radius 1 is 1.44 bits per heavy atom. The van der Waals surface area contributed by atoms with Gasteiger partial charge in [0.05, 0.1) is 11.6 Å². The summed E-state index contributed by atoms with van der Waals surface area (Å²) in [5.41, 5.74) is -0.0142. The Bertz CT molecular complexity index is 540. The van der Waals surface area contributed by atoms with Gasteiger partial charge in [-0.1, -0.05) is 17.7 Å². The van der Waals surface area contributed by atoms with Gasteiger partial charge in [-0.25, -0.2) is 4.79 Å². The minimum absolute atomic E-state index is 0.0142. The van der Waals surface area contributed by atoms with Crippen molar-refractivity contribution in [1.82, 2.24) is 9.78 Å². The summed E-state index contributed by atoms with van der Waals surface area (Å²) in [6.45, 7) is 0.862. The van der Waals surface area contributed by atoms with Gasteiger partial charge in [0.2, 0.25) is 0 Å². The Morgan fingerprint density at radius 3 is 2.94 bits per heavy atom. The summed E-state index contributed by atoms with van der Waals surface area (Å²) in [7, 11) is 0. The molecule has 5 nitrogen and oxygen atoms in total. The zero-order valence-electron chi connectivity index (χ0n) is 9.41. The van der Waals surface area contributed by atoms with Gasteiger partial charge in [-0.05, 0) is 18.2 Å². The zero-order valence-corrected chi connectivity index (χ0v) is 10.2. The van der Waals surface area contributed by atoms with E-state index in [0.29, 0.717) is 13.2 Å². The fourth-order valence-electron chi connectivity index (χ4n) is 1.51. The van der Waals surface area contributed by atoms with Crippen LogP contribution in [-0.4, -0.2) is 27.5 Å². The first-order chi connectivity index (χ1) is 8.68. The smallest absolute Gasteiger partial charge is 0.341 e. The van der Waals surface area contributed by atoms with Crippen molar-refractivity contribution in [1.29, 1.82) is 0 Å². The summed E-state index contributed by atoms with van der Waals surface area (Å²) < 4.78 is 7.13. The van der Waals surface area contributed by atoms with E-state index in [1.807, 2.05) is 6.07 Å². The quantitative estimate of drug-likeness (QED) is 0.902. The highest BCUT2D eigenvalue weighted by molar-refractivity contribution is 6.33. The highest BCUT2D eigenvalue weighted by Crippen LogP contribution is 2.26. The molecule has 0 saturated heterocycles. The van der Waals surface area contributed by atoms with Gasteiger partial charge < -0.3 is 9.84 Å². The van der Waals surface area contributed by atoms with Gasteiger partial charge in [0.25, 0.3) is 0 Å². The van der Waals surface area contributed by atoms with E-state index in [1.165, 1.54) is 6.07 Å². The second-order valence-electron chi connectivity index (χ2n) is 3.54. The van der Waals surface area contributed by atoms with Crippen LogP contribution in [0.4, 0.5) is 0 Å². The van der Waals surface area contributed by atoms with Crippen molar-refractivity contribution in [3.8, 4) is 5.75 Å². The third kappa shape index (κ3) is 2.81. The highest BCUT2D eigenvalue weighted by atomic mass is 35.5. The molecule has 0 aliphatic heterocycles. The van der Waals surface area contributed by atoms with Crippen LogP contribution in [0.2, 0.25) is 5.02 Å². The van der Waals surface area contributed by atoms with E-state index in [2.05, 4.69) is 5.10 Å². The van der Waals surface area contributed by atoms with E-state index >= 15 is 0 Å². The van der Waals surface area contributed by atoms with Crippen LogP contribution in [0.1, 0.15) is 10.4 Å². The summed E-state index contributed by atoms with van der Waals surface area (Å²) in [5.74, 6) is -0.836. The number of hydrogen-bond donors (Lipinski definition) is 1. The Morgan fingerprint density at radius 2 is 2.28 bits per heavy atom. The number of carboxylic acid groups (broad SMARTS) is 1. The van der Waals surface area contributed by atoms with Crippen molar-refractivity contribution < 1.29 is 14.6 Å². The average molecular weight is 267 g/mol. The monoisotopic (exact) mass is 266 g/mol. The van der Waals surface area contributed by atoms with Crippen molar-refractivity contribution in [2.75, 3.05) is 6.61 Å². The van der Waals surface area contributed by atoms with Gasteiger partial charge in [0.15, 0.2) is 0 Å². The summed E-state index contributed by atoms with van der Waals surface area (Å²) in [6.07, 6.45) is 3.47. The first-order valence-corrected chi connectivity index (χ1v) is 5.68. The lowest BCUT2D eigenvalue weighted by Gasteiger charge is -2.10. The molecular formula is C12H11ClN2O3. The molecule has 1 aromatic heterocycles. The molecule has 94 valence electrons. The summed E-state index contributed by atoms with van der Waals surface area (Å²) in [6, 6.07) is 6.56. The molecule has 0 aliphatic carbocycles. The van der Waals surface area contributed by atoms with Crippen molar-refractivity contribution in [3.05, 3.63) is 47.2 Å². The van der Waals surface area contributed by atoms with E-state index in [0.717, 1.165) is 0 Å². The maximum Gasteiger partial charge on any atom is 0.341 e. The topological polar surface area (TPSA) is 64.3 Å². The normalized spacial score (nSPS) is 10.3. The van der Waals surface area contributed by atoms with Gasteiger partial charge >= 0.3 is 5.97 Å². The lowest BCUT2D eigenvalue weighted by Crippen LogP contribution is -2.11. The molecule has 0 bridgehead atoms. The number of carboxylic acids is 1. The van der Waals surface area contributed by atoms with Crippen LogP contribution in [0.25, 0.3) is 0 Å². The Balaban J connectivity index is 2.05. The van der Waals surface area contributed by atoms with Crippen molar-refractivity contribution in [2.24, 2.45) is 0 Å². The maximum atomic E-state index is 11.1. The van der Waals surface area contributed by atoms with Gasteiger partial charge in [-0.2, -0.15) is 5.10 Å². The number of carbonyl (C=O) groups is 1. The van der Waals surface area contributed by atoms with Crippen LogP contribution in [0.3, 0.4) is 0 Å². The third-order valence-corrected chi connectivity index (χ3v) is 2.64. The van der Waals surface area contributed by atoms with Gasteiger partial charge in [-0.3, -0.25) is 4.68 Å². The fourth-order valence-corrected chi connectivity index (χ4v) is 1.76. The SMILES string of the molecule is O=C(O)c1c(Cl)cccc1OCCn1cccn1.